The van der Waals surface area contributed by atoms with Crippen molar-refractivity contribution >= 4 is 11.9 Å². The Balaban J connectivity index is 1.92. The first kappa shape index (κ1) is 21.8. The lowest BCUT2D eigenvalue weighted by molar-refractivity contribution is -0.141. The van der Waals surface area contributed by atoms with E-state index in [0.29, 0.717) is 11.4 Å². The average Bonchev–Trinajstić information content (AvgIpc) is 3.19. The Labute approximate surface area is 173 Å². The van der Waals surface area contributed by atoms with Crippen LogP contribution in [-0.4, -0.2) is 44.4 Å². The lowest BCUT2D eigenvalue weighted by atomic mass is 9.82. The van der Waals surface area contributed by atoms with Crippen LogP contribution >= 0.6 is 0 Å². The zero-order valence-corrected chi connectivity index (χ0v) is 16.8. The first-order valence-electron chi connectivity index (χ1n) is 10.0. The summed E-state index contributed by atoms with van der Waals surface area (Å²) >= 11 is 0. The lowest BCUT2D eigenvalue weighted by Gasteiger charge is -2.33. The Kier molecular flexibility index (Phi) is 7.45. The van der Waals surface area contributed by atoms with Crippen molar-refractivity contribution in [3.63, 3.8) is 0 Å². The Hall–Kier alpha value is -2.88. The number of aliphatic carboxylic acids is 1. The summed E-state index contributed by atoms with van der Waals surface area (Å²) in [4.78, 5) is 23.3. The number of methoxy groups -OCH3 is 1. The number of carboxylic acid groups (broad SMARTS) is 1. The number of esters is 1. The Bertz CT molecular complexity index is 851. The minimum atomic E-state index is -0.978. The Morgan fingerprint density at radius 1 is 1.27 bits per heavy atom. The third-order valence-electron chi connectivity index (χ3n) is 5.50. The van der Waals surface area contributed by atoms with Gasteiger partial charge in [-0.15, -0.1) is 5.10 Å². The molecule has 0 spiro atoms. The number of hydrogen-bond donors (Lipinski definition) is 2. The SMILES string of the molecule is COC(=O)Cn1nnnc1C(NC(CC(=O)O)c1ccc(F)cc1)C1CCCCC1. The number of nitrogens with one attached hydrogen (secondary N) is 1. The number of benzene rings is 1. The first-order chi connectivity index (χ1) is 14.5. The molecule has 1 saturated carbocycles. The molecule has 0 bridgehead atoms. The highest BCUT2D eigenvalue weighted by Crippen LogP contribution is 2.36. The highest BCUT2D eigenvalue weighted by atomic mass is 19.1. The van der Waals surface area contributed by atoms with Crippen LogP contribution in [0.2, 0.25) is 0 Å². The van der Waals surface area contributed by atoms with Gasteiger partial charge in [0.15, 0.2) is 5.82 Å². The van der Waals surface area contributed by atoms with Crippen molar-refractivity contribution in [3.05, 3.63) is 41.5 Å². The first-order valence-corrected chi connectivity index (χ1v) is 10.0. The second kappa shape index (κ2) is 10.2. The topological polar surface area (TPSA) is 119 Å². The molecule has 0 amide bonds. The van der Waals surface area contributed by atoms with Gasteiger partial charge in [-0.2, -0.15) is 0 Å². The van der Waals surface area contributed by atoms with Crippen molar-refractivity contribution in [2.75, 3.05) is 7.11 Å². The molecule has 30 heavy (non-hydrogen) atoms. The van der Waals surface area contributed by atoms with E-state index in [1.54, 1.807) is 12.1 Å². The van der Waals surface area contributed by atoms with Crippen LogP contribution in [0.4, 0.5) is 4.39 Å². The van der Waals surface area contributed by atoms with Crippen LogP contribution in [0.5, 0.6) is 0 Å². The summed E-state index contributed by atoms with van der Waals surface area (Å²) in [6, 6.07) is 4.83. The number of ether oxygens (including phenoxy) is 1. The standard InChI is InChI=1S/C20H26FN5O4/c1-30-18(29)12-26-20(23-24-25-26)19(14-5-3-2-4-6-14)22-16(11-17(27)28)13-7-9-15(21)10-8-13/h7-10,14,16,19,22H,2-6,11-12H2,1H3,(H,27,28). The zero-order valence-electron chi connectivity index (χ0n) is 16.8. The monoisotopic (exact) mass is 419 g/mol. The van der Waals surface area contributed by atoms with Gasteiger partial charge in [0.25, 0.3) is 0 Å². The molecule has 10 heteroatoms. The fraction of sp³-hybridized carbons (Fsp3) is 0.550. The van der Waals surface area contributed by atoms with E-state index in [2.05, 4.69) is 20.8 Å². The van der Waals surface area contributed by atoms with E-state index >= 15 is 0 Å². The highest BCUT2D eigenvalue weighted by Gasteiger charge is 2.32. The predicted octanol–water partition coefficient (Wildman–Crippen LogP) is 2.41. The summed E-state index contributed by atoms with van der Waals surface area (Å²) < 4.78 is 19.5. The molecule has 1 aromatic heterocycles. The molecule has 2 aromatic rings. The van der Waals surface area contributed by atoms with Gasteiger partial charge in [-0.1, -0.05) is 31.4 Å². The van der Waals surface area contributed by atoms with Gasteiger partial charge in [0, 0.05) is 6.04 Å². The van der Waals surface area contributed by atoms with Crippen LogP contribution in [0.3, 0.4) is 0 Å². The number of tetrazole rings is 1. The van der Waals surface area contributed by atoms with E-state index in [-0.39, 0.29) is 24.9 Å². The molecular weight excluding hydrogens is 393 g/mol. The van der Waals surface area contributed by atoms with Gasteiger partial charge >= 0.3 is 11.9 Å². The molecule has 1 aromatic carbocycles. The average molecular weight is 419 g/mol. The van der Waals surface area contributed by atoms with Crippen LogP contribution in [0.15, 0.2) is 24.3 Å². The van der Waals surface area contributed by atoms with E-state index in [9.17, 15) is 19.1 Å². The number of nitrogens with zero attached hydrogens (tertiary/aromatic N) is 4. The summed E-state index contributed by atoms with van der Waals surface area (Å²) in [6.07, 6.45) is 4.95. The minimum Gasteiger partial charge on any atom is -0.481 e. The summed E-state index contributed by atoms with van der Waals surface area (Å²) in [5, 5.41) is 24.6. The number of halogens is 1. The van der Waals surface area contributed by atoms with Crippen LogP contribution in [0, 0.1) is 11.7 Å². The highest BCUT2D eigenvalue weighted by molar-refractivity contribution is 5.69. The second-order valence-corrected chi connectivity index (χ2v) is 7.52. The molecule has 0 saturated heterocycles. The van der Waals surface area contributed by atoms with Gasteiger partial charge in [0.05, 0.1) is 19.6 Å². The van der Waals surface area contributed by atoms with Crippen molar-refractivity contribution in [3.8, 4) is 0 Å². The summed E-state index contributed by atoms with van der Waals surface area (Å²) in [6.45, 7) is -0.135. The van der Waals surface area contributed by atoms with E-state index < -0.39 is 23.8 Å². The Morgan fingerprint density at radius 2 is 1.97 bits per heavy atom. The van der Waals surface area contributed by atoms with Crippen molar-refractivity contribution in [2.45, 2.75) is 57.2 Å². The number of carbonyl (C=O) groups excluding carboxylic acids is 1. The van der Waals surface area contributed by atoms with Crippen molar-refractivity contribution in [2.24, 2.45) is 5.92 Å². The normalized spacial score (nSPS) is 16.7. The Morgan fingerprint density at radius 3 is 2.60 bits per heavy atom. The molecular formula is C20H26FN5O4. The van der Waals surface area contributed by atoms with E-state index in [4.69, 9.17) is 4.74 Å². The van der Waals surface area contributed by atoms with Gasteiger partial charge in [-0.25, -0.2) is 9.07 Å². The molecule has 1 heterocycles. The quantitative estimate of drug-likeness (QED) is 0.595. The van der Waals surface area contributed by atoms with Crippen LogP contribution in [-0.2, 0) is 20.9 Å². The molecule has 1 aliphatic carbocycles. The fourth-order valence-electron chi connectivity index (χ4n) is 3.98. The maximum Gasteiger partial charge on any atom is 0.327 e. The molecule has 2 N–H and O–H groups in total. The molecule has 1 fully saturated rings. The minimum absolute atomic E-state index is 0.135. The third kappa shape index (κ3) is 5.59. The van der Waals surface area contributed by atoms with Crippen molar-refractivity contribution in [1.29, 1.82) is 0 Å². The zero-order chi connectivity index (χ0) is 21.5. The summed E-state index contributed by atoms with van der Waals surface area (Å²) in [5.41, 5.74) is 0.659. The molecule has 3 rings (SSSR count). The fourth-order valence-corrected chi connectivity index (χ4v) is 3.98. The lowest BCUT2D eigenvalue weighted by Crippen LogP contribution is -2.36. The molecule has 2 atom stereocenters. The van der Waals surface area contributed by atoms with Crippen LogP contribution in [0.25, 0.3) is 0 Å². The molecule has 2 unspecified atom stereocenters. The molecule has 9 nitrogen and oxygen atoms in total. The van der Waals surface area contributed by atoms with Gasteiger partial charge in [-0.3, -0.25) is 14.9 Å². The smallest absolute Gasteiger partial charge is 0.327 e. The van der Waals surface area contributed by atoms with E-state index in [0.717, 1.165) is 32.1 Å². The number of rotatable bonds is 9. The maximum absolute atomic E-state index is 13.4. The molecule has 162 valence electrons. The second-order valence-electron chi connectivity index (χ2n) is 7.52. The largest absolute Gasteiger partial charge is 0.481 e. The van der Waals surface area contributed by atoms with Gasteiger partial charge in [-0.05, 0) is 46.9 Å². The molecule has 0 aliphatic heterocycles. The third-order valence-corrected chi connectivity index (χ3v) is 5.50. The summed E-state index contributed by atoms with van der Waals surface area (Å²) in [5.74, 6) is -1.21. The van der Waals surface area contributed by atoms with Crippen LogP contribution < -0.4 is 5.32 Å². The van der Waals surface area contributed by atoms with Crippen molar-refractivity contribution < 1.29 is 23.8 Å². The number of aromatic nitrogens is 4. The van der Waals surface area contributed by atoms with E-state index in [1.165, 1.54) is 23.9 Å². The van der Waals surface area contributed by atoms with Crippen LogP contribution in [0.1, 0.15) is 62.0 Å². The maximum atomic E-state index is 13.4. The number of carbonyl (C=O) groups is 2. The number of carboxylic acids is 1. The predicted molar refractivity (Wildman–Crippen MR) is 104 cm³/mol. The van der Waals surface area contributed by atoms with E-state index in [1.807, 2.05) is 0 Å². The van der Waals surface area contributed by atoms with Gasteiger partial charge in [0.2, 0.25) is 0 Å². The van der Waals surface area contributed by atoms with Crippen molar-refractivity contribution in [1.82, 2.24) is 25.5 Å². The summed E-state index contributed by atoms with van der Waals surface area (Å²) in [7, 11) is 1.29. The number of hydrogen-bond acceptors (Lipinski definition) is 7. The van der Waals surface area contributed by atoms with Gasteiger partial charge in [0.1, 0.15) is 12.4 Å². The van der Waals surface area contributed by atoms with Gasteiger partial charge < -0.3 is 9.84 Å². The molecule has 1 aliphatic rings. The molecule has 0 radical (unpaired) electrons.